The third kappa shape index (κ3) is 5.00. The van der Waals surface area contributed by atoms with E-state index in [9.17, 15) is 9.59 Å². The molecule has 9 nitrogen and oxygen atoms in total. The summed E-state index contributed by atoms with van der Waals surface area (Å²) in [5.74, 6) is 0.635. The minimum Gasteiger partial charge on any atom is -0.339 e. The zero-order chi connectivity index (χ0) is 21.6. The van der Waals surface area contributed by atoms with E-state index in [1.165, 1.54) is 6.33 Å². The summed E-state index contributed by atoms with van der Waals surface area (Å²) in [5.41, 5.74) is 1.64. The summed E-state index contributed by atoms with van der Waals surface area (Å²) >= 11 is 6.16. The zero-order valence-electron chi connectivity index (χ0n) is 16.8. The predicted molar refractivity (Wildman–Crippen MR) is 115 cm³/mol. The molecule has 1 aromatic carbocycles. The Hall–Kier alpha value is -3.46. The largest absolute Gasteiger partial charge is 0.339 e. The van der Waals surface area contributed by atoms with Crippen LogP contribution in [0, 0.1) is 0 Å². The Bertz CT molecular complexity index is 1050. The van der Waals surface area contributed by atoms with E-state index in [1.54, 1.807) is 33.1 Å². The van der Waals surface area contributed by atoms with Gasteiger partial charge < -0.3 is 15.1 Å². The van der Waals surface area contributed by atoms with Gasteiger partial charge in [0.1, 0.15) is 12.7 Å². The SMILES string of the molecule is O=C(Cc1ccccc1Cl)N1CCN(C(=O)NCc2cccnc2-n2cncn2)CC1. The van der Waals surface area contributed by atoms with Crippen LogP contribution in [0.2, 0.25) is 5.02 Å². The number of carbonyl (C=O) groups excluding carboxylic acids is 2. The van der Waals surface area contributed by atoms with Crippen molar-refractivity contribution in [3.63, 3.8) is 0 Å². The van der Waals surface area contributed by atoms with Crippen LogP contribution in [-0.4, -0.2) is 67.7 Å². The molecule has 2 aromatic heterocycles. The summed E-state index contributed by atoms with van der Waals surface area (Å²) in [7, 11) is 0. The van der Waals surface area contributed by atoms with E-state index >= 15 is 0 Å². The standard InChI is InChI=1S/C21H22ClN7O2/c22-18-6-2-1-4-16(18)12-19(30)27-8-10-28(11-9-27)21(31)25-13-17-5-3-7-24-20(17)29-15-23-14-26-29/h1-7,14-15H,8-13H2,(H,25,31). The van der Waals surface area contributed by atoms with E-state index in [2.05, 4.69) is 20.4 Å². The Kier molecular flexibility index (Phi) is 6.42. The summed E-state index contributed by atoms with van der Waals surface area (Å²) in [6.07, 6.45) is 4.93. The normalized spacial score (nSPS) is 13.8. The molecule has 1 aliphatic heterocycles. The Morgan fingerprint density at radius 1 is 1.00 bits per heavy atom. The second kappa shape index (κ2) is 9.57. The summed E-state index contributed by atoms with van der Waals surface area (Å²) in [4.78, 5) is 37.0. The Morgan fingerprint density at radius 3 is 2.48 bits per heavy atom. The number of nitrogens with zero attached hydrogens (tertiary/aromatic N) is 6. The molecule has 1 saturated heterocycles. The van der Waals surface area contributed by atoms with E-state index in [4.69, 9.17) is 11.6 Å². The van der Waals surface area contributed by atoms with E-state index in [0.717, 1.165) is 11.1 Å². The molecular weight excluding hydrogens is 418 g/mol. The molecule has 0 radical (unpaired) electrons. The third-order valence-electron chi connectivity index (χ3n) is 5.15. The van der Waals surface area contributed by atoms with Crippen LogP contribution < -0.4 is 5.32 Å². The van der Waals surface area contributed by atoms with Crippen LogP contribution in [-0.2, 0) is 17.8 Å². The topological polar surface area (TPSA) is 96.2 Å². The van der Waals surface area contributed by atoms with E-state index in [-0.39, 0.29) is 18.4 Å². The van der Waals surface area contributed by atoms with E-state index in [0.29, 0.717) is 43.6 Å². The van der Waals surface area contributed by atoms with Crippen molar-refractivity contribution in [3.05, 3.63) is 71.4 Å². The van der Waals surface area contributed by atoms with Crippen LogP contribution >= 0.6 is 11.6 Å². The highest BCUT2D eigenvalue weighted by Gasteiger charge is 2.24. The first-order valence-corrected chi connectivity index (χ1v) is 10.3. The number of hydrogen-bond acceptors (Lipinski definition) is 5. The maximum atomic E-state index is 12.6. The molecule has 10 heteroatoms. The molecule has 0 unspecified atom stereocenters. The monoisotopic (exact) mass is 439 g/mol. The second-order valence-electron chi connectivity index (χ2n) is 7.12. The first-order valence-electron chi connectivity index (χ1n) is 9.94. The van der Waals surface area contributed by atoms with Gasteiger partial charge in [-0.25, -0.2) is 19.4 Å². The average Bonchev–Trinajstić information content (AvgIpc) is 3.34. The fraction of sp³-hybridized carbons (Fsp3) is 0.286. The Balaban J connectivity index is 1.28. The van der Waals surface area contributed by atoms with Gasteiger partial charge in [-0.2, -0.15) is 5.10 Å². The first-order chi connectivity index (χ1) is 15.1. The van der Waals surface area contributed by atoms with Crippen molar-refractivity contribution in [1.29, 1.82) is 0 Å². The summed E-state index contributed by atoms with van der Waals surface area (Å²) < 4.78 is 1.56. The van der Waals surface area contributed by atoms with Crippen LogP contribution in [0.3, 0.4) is 0 Å². The lowest BCUT2D eigenvalue weighted by atomic mass is 10.1. The number of amides is 3. The molecule has 0 atom stereocenters. The number of aromatic nitrogens is 4. The highest BCUT2D eigenvalue weighted by atomic mass is 35.5. The van der Waals surface area contributed by atoms with Gasteiger partial charge in [0.15, 0.2) is 5.82 Å². The molecule has 0 spiro atoms. The van der Waals surface area contributed by atoms with Gasteiger partial charge in [0.05, 0.1) is 6.42 Å². The van der Waals surface area contributed by atoms with Crippen molar-refractivity contribution < 1.29 is 9.59 Å². The number of rotatable bonds is 5. The van der Waals surface area contributed by atoms with Gasteiger partial charge in [0.25, 0.3) is 0 Å². The van der Waals surface area contributed by atoms with Gasteiger partial charge >= 0.3 is 6.03 Å². The lowest BCUT2D eigenvalue weighted by molar-refractivity contribution is -0.131. The number of urea groups is 1. The molecule has 4 rings (SSSR count). The molecule has 0 saturated carbocycles. The first kappa shape index (κ1) is 20.8. The van der Waals surface area contributed by atoms with Crippen LogP contribution in [0.1, 0.15) is 11.1 Å². The fourth-order valence-corrected chi connectivity index (χ4v) is 3.65. The molecular formula is C21H22ClN7O2. The lowest BCUT2D eigenvalue weighted by Crippen LogP contribution is -2.53. The van der Waals surface area contributed by atoms with E-state index < -0.39 is 0 Å². The lowest BCUT2D eigenvalue weighted by Gasteiger charge is -2.35. The number of carbonyl (C=O) groups is 2. The van der Waals surface area contributed by atoms with Gasteiger partial charge in [0, 0.05) is 49.5 Å². The number of nitrogens with one attached hydrogen (secondary N) is 1. The number of pyridine rings is 1. The fourth-order valence-electron chi connectivity index (χ4n) is 3.45. The van der Waals surface area contributed by atoms with Crippen LogP contribution in [0.5, 0.6) is 0 Å². The van der Waals surface area contributed by atoms with Gasteiger partial charge in [-0.05, 0) is 17.7 Å². The molecule has 3 aromatic rings. The Labute approximate surface area is 184 Å². The van der Waals surface area contributed by atoms with Gasteiger partial charge in [-0.3, -0.25) is 4.79 Å². The Morgan fingerprint density at radius 2 is 1.74 bits per heavy atom. The minimum atomic E-state index is -0.174. The van der Waals surface area contributed by atoms with Crippen LogP contribution in [0.15, 0.2) is 55.2 Å². The molecule has 3 heterocycles. The van der Waals surface area contributed by atoms with Crippen molar-refractivity contribution in [2.75, 3.05) is 26.2 Å². The van der Waals surface area contributed by atoms with Gasteiger partial charge in [-0.1, -0.05) is 35.9 Å². The zero-order valence-corrected chi connectivity index (χ0v) is 17.6. The van der Waals surface area contributed by atoms with Crippen molar-refractivity contribution in [3.8, 4) is 5.82 Å². The third-order valence-corrected chi connectivity index (χ3v) is 5.52. The summed E-state index contributed by atoms with van der Waals surface area (Å²) in [6.45, 7) is 2.25. The number of piperazine rings is 1. The minimum absolute atomic E-state index is 0.0148. The van der Waals surface area contributed by atoms with Crippen molar-refractivity contribution in [1.82, 2.24) is 34.9 Å². The quantitative estimate of drug-likeness (QED) is 0.655. The molecule has 31 heavy (non-hydrogen) atoms. The number of benzene rings is 1. The van der Waals surface area contributed by atoms with Crippen molar-refractivity contribution in [2.45, 2.75) is 13.0 Å². The van der Waals surface area contributed by atoms with Crippen molar-refractivity contribution in [2.24, 2.45) is 0 Å². The average molecular weight is 440 g/mol. The van der Waals surface area contributed by atoms with E-state index in [1.807, 2.05) is 30.3 Å². The molecule has 1 N–H and O–H groups in total. The molecule has 160 valence electrons. The maximum Gasteiger partial charge on any atom is 0.317 e. The molecule has 1 aliphatic rings. The van der Waals surface area contributed by atoms with Crippen LogP contribution in [0.4, 0.5) is 4.79 Å². The predicted octanol–water partition coefficient (Wildman–Crippen LogP) is 1.91. The summed E-state index contributed by atoms with van der Waals surface area (Å²) in [5, 5.41) is 7.62. The highest BCUT2D eigenvalue weighted by molar-refractivity contribution is 6.31. The highest BCUT2D eigenvalue weighted by Crippen LogP contribution is 2.17. The summed E-state index contributed by atoms with van der Waals surface area (Å²) in [6, 6.07) is 10.9. The second-order valence-corrected chi connectivity index (χ2v) is 7.53. The molecule has 0 aliphatic carbocycles. The van der Waals surface area contributed by atoms with Crippen LogP contribution in [0.25, 0.3) is 5.82 Å². The maximum absolute atomic E-state index is 12.6. The smallest absolute Gasteiger partial charge is 0.317 e. The number of halogens is 1. The molecule has 1 fully saturated rings. The number of hydrogen-bond donors (Lipinski definition) is 1. The van der Waals surface area contributed by atoms with Gasteiger partial charge in [0.2, 0.25) is 5.91 Å². The molecule has 0 bridgehead atoms. The van der Waals surface area contributed by atoms with Crippen molar-refractivity contribution >= 4 is 23.5 Å². The molecule has 3 amide bonds. The van der Waals surface area contributed by atoms with Gasteiger partial charge in [-0.15, -0.1) is 0 Å².